The van der Waals surface area contributed by atoms with Crippen LogP contribution in [0.15, 0.2) is 0 Å². The number of methoxy groups -OCH3 is 1. The van der Waals surface area contributed by atoms with Gasteiger partial charge in [0.1, 0.15) is 0 Å². The molecule has 0 aromatic heterocycles. The van der Waals surface area contributed by atoms with Gasteiger partial charge in [-0.15, -0.1) is 0 Å². The quantitative estimate of drug-likeness (QED) is 0.656. The molecule has 0 aromatic carbocycles. The van der Waals surface area contributed by atoms with Crippen molar-refractivity contribution in [2.75, 3.05) is 20.2 Å². The first kappa shape index (κ1) is 10.7. The lowest BCUT2D eigenvalue weighted by Crippen LogP contribution is -2.60. The molecule has 3 atom stereocenters. The van der Waals surface area contributed by atoms with E-state index in [1.54, 1.807) is 0 Å². The molecule has 2 fully saturated rings. The second-order valence-electron chi connectivity index (χ2n) is 4.57. The highest BCUT2D eigenvalue weighted by Gasteiger charge is 2.38. The average Bonchev–Trinajstić information content (AvgIpc) is 2.29. The predicted molar refractivity (Wildman–Crippen MR) is 57.7 cm³/mol. The number of carbonyl (C=O) groups excluding carboxylic acids is 1. The standard InChI is InChI=1S/C11H20N2O2/c1-8-10-9(4-3-6-12-10)5-7-13(8)11(14)15-2/h8-10,12H,3-7H2,1-2H3. The Kier molecular flexibility index (Phi) is 3.14. The maximum Gasteiger partial charge on any atom is 0.409 e. The minimum Gasteiger partial charge on any atom is -0.453 e. The second-order valence-corrected chi connectivity index (χ2v) is 4.57. The van der Waals surface area contributed by atoms with Crippen LogP contribution in [0.2, 0.25) is 0 Å². The van der Waals surface area contributed by atoms with Crippen molar-refractivity contribution in [1.82, 2.24) is 10.2 Å². The number of fused-ring (bicyclic) bond motifs is 1. The Hall–Kier alpha value is -0.770. The fourth-order valence-corrected chi connectivity index (χ4v) is 2.94. The average molecular weight is 212 g/mol. The van der Waals surface area contributed by atoms with E-state index in [0.29, 0.717) is 6.04 Å². The first-order valence-electron chi connectivity index (χ1n) is 5.82. The molecule has 2 aliphatic rings. The van der Waals surface area contributed by atoms with Crippen LogP contribution in [0.5, 0.6) is 0 Å². The molecule has 0 saturated carbocycles. The van der Waals surface area contributed by atoms with Crippen LogP contribution in [0, 0.1) is 5.92 Å². The number of likely N-dealkylation sites (tertiary alicyclic amines) is 1. The van der Waals surface area contributed by atoms with Gasteiger partial charge in [0.25, 0.3) is 0 Å². The molecule has 2 rings (SSSR count). The van der Waals surface area contributed by atoms with Gasteiger partial charge < -0.3 is 15.0 Å². The number of ether oxygens (including phenoxy) is 1. The van der Waals surface area contributed by atoms with Crippen LogP contribution in [0.25, 0.3) is 0 Å². The summed E-state index contributed by atoms with van der Waals surface area (Å²) in [5, 5.41) is 3.53. The largest absolute Gasteiger partial charge is 0.453 e. The van der Waals surface area contributed by atoms with Crippen molar-refractivity contribution in [2.24, 2.45) is 5.92 Å². The predicted octanol–water partition coefficient (Wildman–Crippen LogP) is 1.22. The van der Waals surface area contributed by atoms with Gasteiger partial charge in [-0.2, -0.15) is 0 Å². The van der Waals surface area contributed by atoms with E-state index in [1.807, 2.05) is 4.90 Å². The van der Waals surface area contributed by atoms with Gasteiger partial charge in [0.2, 0.25) is 0 Å². The summed E-state index contributed by atoms with van der Waals surface area (Å²) in [6.07, 6.45) is 3.49. The maximum atomic E-state index is 11.5. The number of piperidine rings is 2. The molecule has 3 unspecified atom stereocenters. The van der Waals surface area contributed by atoms with Crippen LogP contribution in [-0.2, 0) is 4.74 Å². The van der Waals surface area contributed by atoms with Gasteiger partial charge in [-0.05, 0) is 38.6 Å². The van der Waals surface area contributed by atoms with Crippen molar-refractivity contribution in [1.29, 1.82) is 0 Å². The zero-order valence-electron chi connectivity index (χ0n) is 9.53. The Balaban J connectivity index is 2.04. The molecule has 1 amide bonds. The molecule has 1 N–H and O–H groups in total. The van der Waals surface area contributed by atoms with Gasteiger partial charge in [-0.25, -0.2) is 4.79 Å². The minimum atomic E-state index is -0.187. The van der Waals surface area contributed by atoms with Gasteiger partial charge in [-0.3, -0.25) is 0 Å². The van der Waals surface area contributed by atoms with E-state index in [4.69, 9.17) is 4.74 Å². The normalized spacial score (nSPS) is 35.9. The summed E-state index contributed by atoms with van der Waals surface area (Å²) in [5.41, 5.74) is 0. The Morgan fingerprint density at radius 3 is 3.00 bits per heavy atom. The Morgan fingerprint density at radius 2 is 2.27 bits per heavy atom. The summed E-state index contributed by atoms with van der Waals surface area (Å²) >= 11 is 0. The van der Waals surface area contributed by atoms with E-state index < -0.39 is 0 Å². The van der Waals surface area contributed by atoms with Crippen LogP contribution in [0.4, 0.5) is 4.79 Å². The third kappa shape index (κ3) is 1.95. The summed E-state index contributed by atoms with van der Waals surface area (Å²) in [5.74, 6) is 0.745. The third-order valence-corrected chi connectivity index (χ3v) is 3.80. The molecule has 0 spiro atoms. The van der Waals surface area contributed by atoms with Gasteiger partial charge in [0, 0.05) is 18.6 Å². The van der Waals surface area contributed by atoms with Crippen molar-refractivity contribution in [3.8, 4) is 0 Å². The van der Waals surface area contributed by atoms with Gasteiger partial charge in [0.15, 0.2) is 0 Å². The molecule has 2 heterocycles. The highest BCUT2D eigenvalue weighted by Crippen LogP contribution is 2.29. The fourth-order valence-electron chi connectivity index (χ4n) is 2.94. The molecule has 4 heteroatoms. The molecule has 0 bridgehead atoms. The molecule has 86 valence electrons. The summed E-state index contributed by atoms with van der Waals surface area (Å²) in [4.78, 5) is 13.4. The van der Waals surface area contributed by atoms with E-state index in [1.165, 1.54) is 20.0 Å². The number of hydrogen-bond acceptors (Lipinski definition) is 3. The summed E-state index contributed by atoms with van der Waals surface area (Å²) < 4.78 is 4.80. The molecule has 2 aliphatic heterocycles. The van der Waals surface area contributed by atoms with Gasteiger partial charge in [0.05, 0.1) is 7.11 Å². The molecular weight excluding hydrogens is 192 g/mol. The van der Waals surface area contributed by atoms with E-state index in [0.717, 1.165) is 25.4 Å². The molecule has 0 aliphatic carbocycles. The number of hydrogen-bond donors (Lipinski definition) is 1. The van der Waals surface area contributed by atoms with Crippen LogP contribution >= 0.6 is 0 Å². The monoisotopic (exact) mass is 212 g/mol. The van der Waals surface area contributed by atoms with Crippen LogP contribution in [0.1, 0.15) is 26.2 Å². The first-order valence-corrected chi connectivity index (χ1v) is 5.82. The van der Waals surface area contributed by atoms with Gasteiger partial charge in [-0.1, -0.05) is 0 Å². The highest BCUT2D eigenvalue weighted by atomic mass is 16.5. The van der Waals surface area contributed by atoms with Crippen molar-refractivity contribution >= 4 is 6.09 Å². The number of nitrogens with zero attached hydrogens (tertiary/aromatic N) is 1. The van der Waals surface area contributed by atoms with Gasteiger partial charge >= 0.3 is 6.09 Å². The topological polar surface area (TPSA) is 41.6 Å². The number of nitrogens with one attached hydrogen (secondary N) is 1. The third-order valence-electron chi connectivity index (χ3n) is 3.80. The zero-order valence-corrected chi connectivity index (χ0v) is 9.53. The lowest BCUT2D eigenvalue weighted by atomic mass is 9.81. The number of carbonyl (C=O) groups is 1. The Morgan fingerprint density at radius 1 is 1.47 bits per heavy atom. The van der Waals surface area contributed by atoms with Crippen LogP contribution in [-0.4, -0.2) is 43.3 Å². The summed E-state index contributed by atoms with van der Waals surface area (Å²) in [6, 6.07) is 0.725. The minimum absolute atomic E-state index is 0.187. The number of amides is 1. The highest BCUT2D eigenvalue weighted by molar-refractivity contribution is 5.68. The second kappa shape index (κ2) is 4.39. The van der Waals surface area contributed by atoms with E-state index in [-0.39, 0.29) is 12.1 Å². The van der Waals surface area contributed by atoms with E-state index in [2.05, 4.69) is 12.2 Å². The molecule has 4 nitrogen and oxygen atoms in total. The van der Waals surface area contributed by atoms with Crippen LogP contribution < -0.4 is 5.32 Å². The molecule has 0 aromatic rings. The molecule has 15 heavy (non-hydrogen) atoms. The van der Waals surface area contributed by atoms with Crippen molar-refractivity contribution < 1.29 is 9.53 Å². The molecule has 0 radical (unpaired) electrons. The lowest BCUT2D eigenvalue weighted by molar-refractivity contribution is 0.0504. The zero-order chi connectivity index (χ0) is 10.8. The van der Waals surface area contributed by atoms with Crippen molar-refractivity contribution in [3.63, 3.8) is 0 Å². The van der Waals surface area contributed by atoms with Crippen molar-refractivity contribution in [3.05, 3.63) is 0 Å². The SMILES string of the molecule is COC(=O)N1CCC2CCCNC2C1C. The van der Waals surface area contributed by atoms with E-state index in [9.17, 15) is 4.79 Å². The number of rotatable bonds is 0. The van der Waals surface area contributed by atoms with Crippen LogP contribution in [0.3, 0.4) is 0 Å². The molecule has 2 saturated heterocycles. The van der Waals surface area contributed by atoms with Crippen molar-refractivity contribution in [2.45, 2.75) is 38.3 Å². The fraction of sp³-hybridized carbons (Fsp3) is 0.909. The smallest absolute Gasteiger partial charge is 0.409 e. The Labute approximate surface area is 91.0 Å². The van der Waals surface area contributed by atoms with E-state index >= 15 is 0 Å². The molecular formula is C11H20N2O2. The maximum absolute atomic E-state index is 11.5. The summed E-state index contributed by atoms with van der Waals surface area (Å²) in [7, 11) is 1.45. The first-order chi connectivity index (χ1) is 7.24. The Bertz CT molecular complexity index is 245. The lowest BCUT2D eigenvalue weighted by Gasteiger charge is -2.46. The summed E-state index contributed by atoms with van der Waals surface area (Å²) in [6.45, 7) is 4.04.